The molecule has 0 saturated carbocycles. The molecule has 1 rings (SSSR count). The molecule has 0 aliphatic rings. The third kappa shape index (κ3) is 4.22. The molecule has 0 amide bonds. The number of hydrogen-bond donors (Lipinski definition) is 1. The first kappa shape index (κ1) is 13.7. The van der Waals surface area contributed by atoms with Crippen molar-refractivity contribution in [3.8, 4) is 0 Å². The van der Waals surface area contributed by atoms with Crippen molar-refractivity contribution < 1.29 is 4.39 Å². The molecule has 1 N–H and O–H groups in total. The van der Waals surface area contributed by atoms with Crippen molar-refractivity contribution in [1.82, 2.24) is 5.32 Å². The summed E-state index contributed by atoms with van der Waals surface area (Å²) in [4.78, 5) is 0. The standard InChI is InChI=1S/C13H19BrFN/c1-3-9-16-10(2)7-8-11-5-4-6-12(14)13(11)15/h4-6,10,16H,3,7-9H2,1-2H3. The minimum absolute atomic E-state index is 0.120. The van der Waals surface area contributed by atoms with E-state index < -0.39 is 0 Å². The second-order valence-electron chi connectivity index (χ2n) is 4.11. The zero-order valence-electron chi connectivity index (χ0n) is 9.89. The van der Waals surface area contributed by atoms with Crippen LogP contribution in [0.4, 0.5) is 4.39 Å². The van der Waals surface area contributed by atoms with Gasteiger partial charge in [0.25, 0.3) is 0 Å². The largest absolute Gasteiger partial charge is 0.314 e. The molecule has 0 aliphatic carbocycles. The number of hydrogen-bond acceptors (Lipinski definition) is 1. The van der Waals surface area contributed by atoms with E-state index >= 15 is 0 Å². The zero-order chi connectivity index (χ0) is 12.0. The molecule has 1 aromatic rings. The summed E-state index contributed by atoms with van der Waals surface area (Å²) in [7, 11) is 0. The van der Waals surface area contributed by atoms with Gasteiger partial charge in [0, 0.05) is 6.04 Å². The highest BCUT2D eigenvalue weighted by molar-refractivity contribution is 9.10. The van der Waals surface area contributed by atoms with Gasteiger partial charge in [0.05, 0.1) is 4.47 Å². The average Bonchev–Trinajstić information content (AvgIpc) is 2.28. The van der Waals surface area contributed by atoms with Crippen LogP contribution in [0.25, 0.3) is 0 Å². The quantitative estimate of drug-likeness (QED) is 0.837. The van der Waals surface area contributed by atoms with Gasteiger partial charge < -0.3 is 5.32 Å². The molecule has 0 aliphatic heterocycles. The third-order valence-electron chi connectivity index (χ3n) is 2.62. The first-order valence-corrected chi connectivity index (χ1v) is 6.60. The Morgan fingerprint density at radius 1 is 1.44 bits per heavy atom. The molecule has 0 fully saturated rings. The molecule has 0 spiro atoms. The molecular weight excluding hydrogens is 269 g/mol. The minimum Gasteiger partial charge on any atom is -0.314 e. The lowest BCUT2D eigenvalue weighted by atomic mass is 10.1. The van der Waals surface area contributed by atoms with Crippen molar-refractivity contribution in [2.45, 2.75) is 39.2 Å². The van der Waals surface area contributed by atoms with Crippen molar-refractivity contribution in [3.63, 3.8) is 0 Å². The van der Waals surface area contributed by atoms with Crippen molar-refractivity contribution in [2.75, 3.05) is 6.54 Å². The summed E-state index contributed by atoms with van der Waals surface area (Å²) in [5.41, 5.74) is 0.791. The van der Waals surface area contributed by atoms with E-state index in [2.05, 4.69) is 35.1 Å². The average molecular weight is 288 g/mol. The molecule has 3 heteroatoms. The van der Waals surface area contributed by atoms with E-state index in [0.29, 0.717) is 10.5 Å². The van der Waals surface area contributed by atoms with E-state index in [1.807, 2.05) is 12.1 Å². The van der Waals surface area contributed by atoms with E-state index in [-0.39, 0.29) is 5.82 Å². The Bertz CT molecular complexity index is 328. The molecular formula is C13H19BrFN. The summed E-state index contributed by atoms with van der Waals surface area (Å²) < 4.78 is 14.2. The molecule has 1 aromatic carbocycles. The van der Waals surface area contributed by atoms with Gasteiger partial charge in [-0.05, 0) is 60.3 Å². The maximum Gasteiger partial charge on any atom is 0.140 e. The Morgan fingerprint density at radius 2 is 2.19 bits per heavy atom. The van der Waals surface area contributed by atoms with E-state index in [1.54, 1.807) is 6.07 Å². The number of nitrogens with one attached hydrogen (secondary N) is 1. The van der Waals surface area contributed by atoms with Gasteiger partial charge in [0.1, 0.15) is 5.82 Å². The van der Waals surface area contributed by atoms with Crippen LogP contribution >= 0.6 is 15.9 Å². The third-order valence-corrected chi connectivity index (χ3v) is 3.23. The van der Waals surface area contributed by atoms with Crippen LogP contribution in [0.1, 0.15) is 32.3 Å². The van der Waals surface area contributed by atoms with Gasteiger partial charge in [-0.2, -0.15) is 0 Å². The smallest absolute Gasteiger partial charge is 0.140 e. The van der Waals surface area contributed by atoms with Gasteiger partial charge >= 0.3 is 0 Å². The molecule has 0 radical (unpaired) electrons. The van der Waals surface area contributed by atoms with E-state index in [9.17, 15) is 4.39 Å². The van der Waals surface area contributed by atoms with E-state index in [0.717, 1.165) is 31.4 Å². The second kappa shape index (κ2) is 7.02. The predicted octanol–water partition coefficient (Wildman–Crippen LogP) is 3.91. The topological polar surface area (TPSA) is 12.0 Å². The van der Waals surface area contributed by atoms with Crippen LogP contribution in [0.3, 0.4) is 0 Å². The highest BCUT2D eigenvalue weighted by atomic mass is 79.9. The van der Waals surface area contributed by atoms with Crippen LogP contribution in [-0.2, 0) is 6.42 Å². The Hall–Kier alpha value is -0.410. The molecule has 1 atom stereocenters. The van der Waals surface area contributed by atoms with Crippen LogP contribution in [0, 0.1) is 5.82 Å². The molecule has 90 valence electrons. The number of benzene rings is 1. The van der Waals surface area contributed by atoms with Gasteiger partial charge in [0.15, 0.2) is 0 Å². The van der Waals surface area contributed by atoms with Crippen LogP contribution < -0.4 is 5.32 Å². The summed E-state index contributed by atoms with van der Waals surface area (Å²) >= 11 is 3.20. The highest BCUT2D eigenvalue weighted by Gasteiger charge is 2.07. The number of halogens is 2. The highest BCUT2D eigenvalue weighted by Crippen LogP contribution is 2.19. The van der Waals surface area contributed by atoms with E-state index in [4.69, 9.17) is 0 Å². The lowest BCUT2D eigenvalue weighted by Crippen LogP contribution is -2.27. The van der Waals surface area contributed by atoms with Crippen LogP contribution in [-0.4, -0.2) is 12.6 Å². The molecule has 0 heterocycles. The Morgan fingerprint density at radius 3 is 2.88 bits per heavy atom. The minimum atomic E-state index is -0.120. The van der Waals surface area contributed by atoms with Gasteiger partial charge in [-0.25, -0.2) is 4.39 Å². The van der Waals surface area contributed by atoms with Crippen LogP contribution in [0.5, 0.6) is 0 Å². The fourth-order valence-electron chi connectivity index (χ4n) is 1.61. The van der Waals surface area contributed by atoms with Crippen LogP contribution in [0.2, 0.25) is 0 Å². The lowest BCUT2D eigenvalue weighted by Gasteiger charge is -2.13. The van der Waals surface area contributed by atoms with Crippen molar-refractivity contribution in [3.05, 3.63) is 34.1 Å². The van der Waals surface area contributed by atoms with Gasteiger partial charge in [0.2, 0.25) is 0 Å². The number of aryl methyl sites for hydroxylation is 1. The fraction of sp³-hybridized carbons (Fsp3) is 0.538. The van der Waals surface area contributed by atoms with Crippen molar-refractivity contribution >= 4 is 15.9 Å². The second-order valence-corrected chi connectivity index (χ2v) is 4.96. The monoisotopic (exact) mass is 287 g/mol. The summed E-state index contributed by atoms with van der Waals surface area (Å²) in [6.45, 7) is 5.32. The van der Waals surface area contributed by atoms with Crippen molar-refractivity contribution in [2.24, 2.45) is 0 Å². The fourth-order valence-corrected chi connectivity index (χ4v) is 2.01. The Labute approximate surface area is 106 Å². The van der Waals surface area contributed by atoms with E-state index in [1.165, 1.54) is 0 Å². The maximum atomic E-state index is 13.6. The summed E-state index contributed by atoms with van der Waals surface area (Å²) in [6, 6.07) is 5.91. The normalized spacial score (nSPS) is 12.8. The summed E-state index contributed by atoms with van der Waals surface area (Å²) in [5, 5.41) is 3.40. The molecule has 1 nitrogen and oxygen atoms in total. The Kier molecular flexibility index (Phi) is 5.99. The summed E-state index contributed by atoms with van der Waals surface area (Å²) in [6.07, 6.45) is 2.88. The maximum absolute atomic E-state index is 13.6. The lowest BCUT2D eigenvalue weighted by molar-refractivity contribution is 0.505. The predicted molar refractivity (Wildman–Crippen MR) is 70.2 cm³/mol. The zero-order valence-corrected chi connectivity index (χ0v) is 11.5. The first-order chi connectivity index (χ1) is 7.65. The van der Waals surface area contributed by atoms with Crippen LogP contribution in [0.15, 0.2) is 22.7 Å². The Balaban J connectivity index is 2.45. The number of rotatable bonds is 6. The molecule has 16 heavy (non-hydrogen) atoms. The van der Waals surface area contributed by atoms with Gasteiger partial charge in [-0.15, -0.1) is 0 Å². The molecule has 1 unspecified atom stereocenters. The first-order valence-electron chi connectivity index (χ1n) is 5.81. The molecule has 0 aromatic heterocycles. The van der Waals surface area contributed by atoms with Gasteiger partial charge in [-0.3, -0.25) is 0 Å². The molecule has 0 bridgehead atoms. The van der Waals surface area contributed by atoms with Gasteiger partial charge in [-0.1, -0.05) is 19.1 Å². The molecule has 0 saturated heterocycles. The summed E-state index contributed by atoms with van der Waals surface area (Å²) in [5.74, 6) is -0.120. The van der Waals surface area contributed by atoms with Crippen molar-refractivity contribution in [1.29, 1.82) is 0 Å². The SMILES string of the molecule is CCCNC(C)CCc1cccc(Br)c1F.